The van der Waals surface area contributed by atoms with Gasteiger partial charge < -0.3 is 4.42 Å². The number of hydrogen-bond acceptors (Lipinski definition) is 3. The summed E-state index contributed by atoms with van der Waals surface area (Å²) in [5.74, 6) is 0. The Labute approximate surface area is 212 Å². The molecule has 8 aromatic rings. The number of aromatic nitrogens is 2. The van der Waals surface area contributed by atoms with Crippen LogP contribution in [0.25, 0.3) is 76.9 Å². The Kier molecular flexibility index (Phi) is 4.23. The van der Waals surface area contributed by atoms with E-state index in [0.717, 1.165) is 71.5 Å². The molecule has 0 aliphatic carbocycles. The highest BCUT2D eigenvalue weighted by Crippen LogP contribution is 2.46. The first-order chi connectivity index (χ1) is 18.4. The fraction of sp³-hybridized carbons (Fsp3) is 0. The van der Waals surface area contributed by atoms with E-state index < -0.39 is 0 Å². The van der Waals surface area contributed by atoms with E-state index in [4.69, 9.17) is 9.40 Å². The minimum atomic E-state index is 0.881. The molecule has 3 heterocycles. The molecule has 0 atom stereocenters. The lowest BCUT2D eigenvalue weighted by Gasteiger charge is -2.14. The zero-order chi connectivity index (χ0) is 24.3. The Morgan fingerprint density at radius 2 is 1.22 bits per heavy atom. The van der Waals surface area contributed by atoms with E-state index in [2.05, 4.69) is 102 Å². The van der Waals surface area contributed by atoms with Gasteiger partial charge in [-0.25, -0.2) is 4.98 Å². The lowest BCUT2D eigenvalue weighted by molar-refractivity contribution is 0.670. The van der Waals surface area contributed by atoms with E-state index in [1.807, 2.05) is 24.4 Å². The number of rotatable bonds is 2. The van der Waals surface area contributed by atoms with Crippen molar-refractivity contribution in [3.63, 3.8) is 0 Å². The zero-order valence-electron chi connectivity index (χ0n) is 19.8. The number of pyridine rings is 2. The summed E-state index contributed by atoms with van der Waals surface area (Å²) < 4.78 is 6.65. The average Bonchev–Trinajstić information content (AvgIpc) is 3.36. The second-order valence-corrected chi connectivity index (χ2v) is 9.37. The van der Waals surface area contributed by atoms with Gasteiger partial charge in [-0.05, 0) is 35.9 Å². The van der Waals surface area contributed by atoms with Gasteiger partial charge in [0.05, 0.1) is 16.7 Å². The molecule has 37 heavy (non-hydrogen) atoms. The number of benzene rings is 5. The van der Waals surface area contributed by atoms with Gasteiger partial charge in [-0.3, -0.25) is 4.98 Å². The van der Waals surface area contributed by atoms with Gasteiger partial charge in [-0.1, -0.05) is 84.9 Å². The maximum absolute atomic E-state index is 6.65. The molecule has 0 spiro atoms. The minimum absolute atomic E-state index is 0.881. The monoisotopic (exact) mass is 472 g/mol. The molecule has 0 radical (unpaired) electrons. The van der Waals surface area contributed by atoms with E-state index >= 15 is 0 Å². The molecule has 0 bridgehead atoms. The molecule has 0 saturated heterocycles. The van der Waals surface area contributed by atoms with Crippen LogP contribution in [-0.4, -0.2) is 9.97 Å². The Morgan fingerprint density at radius 3 is 2.08 bits per heavy atom. The number of nitrogens with zero attached hydrogens (tertiary/aromatic N) is 2. The molecule has 0 unspecified atom stereocenters. The third kappa shape index (κ3) is 2.95. The summed E-state index contributed by atoms with van der Waals surface area (Å²) in [6, 6.07) is 39.8. The van der Waals surface area contributed by atoms with Crippen LogP contribution >= 0.6 is 0 Å². The molecule has 0 saturated carbocycles. The quantitative estimate of drug-likeness (QED) is 0.235. The SMILES string of the molecule is c1ccc(-c2nc3ccccc3c3c2cc(-c2ccnc4ccccc24)c2oc4ccccc4c23)cc1. The lowest BCUT2D eigenvalue weighted by Crippen LogP contribution is -1.92. The van der Waals surface area contributed by atoms with Crippen LogP contribution in [0.3, 0.4) is 0 Å². The van der Waals surface area contributed by atoms with Crippen molar-refractivity contribution in [1.29, 1.82) is 0 Å². The summed E-state index contributed by atoms with van der Waals surface area (Å²) in [7, 11) is 0. The van der Waals surface area contributed by atoms with Crippen molar-refractivity contribution >= 4 is 54.5 Å². The van der Waals surface area contributed by atoms with Crippen LogP contribution in [0.5, 0.6) is 0 Å². The van der Waals surface area contributed by atoms with Crippen LogP contribution in [0.4, 0.5) is 0 Å². The first-order valence-electron chi connectivity index (χ1n) is 12.4. The molecule has 0 aliphatic heterocycles. The normalized spacial score (nSPS) is 11.8. The summed E-state index contributed by atoms with van der Waals surface area (Å²) in [5, 5.41) is 6.74. The van der Waals surface area contributed by atoms with E-state index in [1.54, 1.807) is 0 Å². The fourth-order valence-electron chi connectivity index (χ4n) is 5.68. The van der Waals surface area contributed by atoms with Crippen molar-refractivity contribution in [2.24, 2.45) is 0 Å². The maximum atomic E-state index is 6.65. The first kappa shape index (κ1) is 20.2. The van der Waals surface area contributed by atoms with Crippen molar-refractivity contribution in [3.05, 3.63) is 121 Å². The molecular formula is C34H20N2O. The van der Waals surface area contributed by atoms with Gasteiger partial charge in [0.1, 0.15) is 11.2 Å². The molecule has 3 aromatic heterocycles. The van der Waals surface area contributed by atoms with Gasteiger partial charge in [-0.2, -0.15) is 0 Å². The van der Waals surface area contributed by atoms with Gasteiger partial charge >= 0.3 is 0 Å². The van der Waals surface area contributed by atoms with Crippen molar-refractivity contribution in [3.8, 4) is 22.4 Å². The van der Waals surface area contributed by atoms with Gasteiger partial charge in [0.25, 0.3) is 0 Å². The minimum Gasteiger partial charge on any atom is -0.455 e. The van der Waals surface area contributed by atoms with Crippen LogP contribution in [0.2, 0.25) is 0 Å². The van der Waals surface area contributed by atoms with Gasteiger partial charge in [0.2, 0.25) is 0 Å². The van der Waals surface area contributed by atoms with Crippen molar-refractivity contribution in [2.45, 2.75) is 0 Å². The average molecular weight is 473 g/mol. The van der Waals surface area contributed by atoms with Crippen LogP contribution in [0.15, 0.2) is 126 Å². The number of hydrogen-bond donors (Lipinski definition) is 0. The van der Waals surface area contributed by atoms with Crippen LogP contribution in [0.1, 0.15) is 0 Å². The summed E-state index contributed by atoms with van der Waals surface area (Å²) >= 11 is 0. The topological polar surface area (TPSA) is 38.9 Å². The van der Waals surface area contributed by atoms with Crippen LogP contribution in [0, 0.1) is 0 Å². The van der Waals surface area contributed by atoms with Crippen LogP contribution in [-0.2, 0) is 0 Å². The summed E-state index contributed by atoms with van der Waals surface area (Å²) in [6.07, 6.45) is 1.88. The second kappa shape index (κ2) is 7.74. The van der Waals surface area contributed by atoms with E-state index in [-0.39, 0.29) is 0 Å². The Balaban J connectivity index is 1.66. The molecular weight excluding hydrogens is 452 g/mol. The smallest absolute Gasteiger partial charge is 0.143 e. The van der Waals surface area contributed by atoms with E-state index in [0.29, 0.717) is 0 Å². The van der Waals surface area contributed by atoms with Gasteiger partial charge in [0.15, 0.2) is 0 Å². The van der Waals surface area contributed by atoms with Crippen molar-refractivity contribution in [1.82, 2.24) is 9.97 Å². The molecule has 3 nitrogen and oxygen atoms in total. The molecule has 172 valence electrons. The third-order valence-electron chi connectivity index (χ3n) is 7.30. The van der Waals surface area contributed by atoms with Crippen molar-refractivity contribution < 1.29 is 4.42 Å². The molecule has 5 aromatic carbocycles. The summed E-state index contributed by atoms with van der Waals surface area (Å²) in [5.41, 5.74) is 7.92. The number of fused-ring (bicyclic) bond motifs is 8. The molecule has 3 heteroatoms. The lowest BCUT2D eigenvalue weighted by atomic mass is 9.91. The first-order valence-corrected chi connectivity index (χ1v) is 12.4. The Morgan fingerprint density at radius 1 is 0.514 bits per heavy atom. The van der Waals surface area contributed by atoms with E-state index in [9.17, 15) is 0 Å². The van der Waals surface area contributed by atoms with E-state index in [1.165, 1.54) is 5.39 Å². The number of para-hydroxylation sites is 3. The zero-order valence-corrected chi connectivity index (χ0v) is 19.8. The van der Waals surface area contributed by atoms with Crippen molar-refractivity contribution in [2.75, 3.05) is 0 Å². The second-order valence-electron chi connectivity index (χ2n) is 9.37. The molecule has 0 fully saturated rings. The van der Waals surface area contributed by atoms with Gasteiger partial charge in [0, 0.05) is 49.6 Å². The molecule has 8 rings (SSSR count). The number of furan rings is 1. The highest BCUT2D eigenvalue weighted by atomic mass is 16.3. The maximum Gasteiger partial charge on any atom is 0.143 e. The highest BCUT2D eigenvalue weighted by molar-refractivity contribution is 6.31. The predicted octanol–water partition coefficient (Wildman–Crippen LogP) is 9.17. The molecule has 0 N–H and O–H groups in total. The highest BCUT2D eigenvalue weighted by Gasteiger charge is 2.21. The summed E-state index contributed by atoms with van der Waals surface area (Å²) in [4.78, 5) is 9.81. The summed E-state index contributed by atoms with van der Waals surface area (Å²) in [6.45, 7) is 0. The molecule has 0 aliphatic rings. The van der Waals surface area contributed by atoms with Gasteiger partial charge in [-0.15, -0.1) is 0 Å². The third-order valence-corrected chi connectivity index (χ3v) is 7.30. The standard InChI is InChI=1S/C34H20N2O/c1-2-10-21(11-3-1)33-27-20-26(22-18-19-35-28-15-7-4-12-23(22)28)34-32(25-14-6-9-17-30(25)37-34)31(27)24-13-5-8-16-29(24)36-33/h1-20H. The fourth-order valence-corrected chi connectivity index (χ4v) is 5.68. The van der Waals surface area contributed by atoms with Crippen LogP contribution < -0.4 is 0 Å². The Hall–Kier alpha value is -5.02. The largest absolute Gasteiger partial charge is 0.455 e. The molecule has 0 amide bonds. The predicted molar refractivity (Wildman–Crippen MR) is 153 cm³/mol. The Bertz CT molecular complexity index is 2140.